The fraction of sp³-hybridized carbons (Fsp3) is 0.417. The van der Waals surface area contributed by atoms with Crippen molar-refractivity contribution in [3.8, 4) is 0 Å². The van der Waals surface area contributed by atoms with Gasteiger partial charge in [-0.3, -0.25) is 4.79 Å². The summed E-state index contributed by atoms with van der Waals surface area (Å²) >= 11 is 0.818. The molecule has 2 nitrogen and oxygen atoms in total. The second kappa shape index (κ2) is 5.25. The average Bonchev–Trinajstić information content (AvgIpc) is 2.28. The summed E-state index contributed by atoms with van der Waals surface area (Å²) in [5.74, 6) is 1.47. The Morgan fingerprint density at radius 3 is 3.06 bits per heavy atom. The SMILES string of the molecule is CC(=O)CSC1CC[S+]([O-])c2ccccc21. The Balaban J connectivity index is 2.18. The van der Waals surface area contributed by atoms with Gasteiger partial charge in [-0.1, -0.05) is 18.2 Å². The van der Waals surface area contributed by atoms with Crippen LogP contribution in [0, 0.1) is 0 Å². The molecule has 0 saturated carbocycles. The van der Waals surface area contributed by atoms with E-state index >= 15 is 0 Å². The van der Waals surface area contributed by atoms with Crippen LogP contribution < -0.4 is 0 Å². The second-order valence-corrected chi connectivity index (χ2v) is 6.61. The van der Waals surface area contributed by atoms with E-state index < -0.39 is 11.2 Å². The minimum Gasteiger partial charge on any atom is -0.611 e. The Bertz CT molecular complexity index is 392. The van der Waals surface area contributed by atoms with E-state index in [1.807, 2.05) is 24.3 Å². The predicted molar refractivity (Wildman–Crippen MR) is 68.2 cm³/mol. The van der Waals surface area contributed by atoms with Gasteiger partial charge in [-0.25, -0.2) is 0 Å². The molecule has 86 valence electrons. The molecule has 2 rings (SSSR count). The van der Waals surface area contributed by atoms with E-state index in [0.717, 1.165) is 16.9 Å². The van der Waals surface area contributed by atoms with Gasteiger partial charge in [0.05, 0.1) is 5.75 Å². The first kappa shape index (κ1) is 12.0. The third-order valence-electron chi connectivity index (χ3n) is 2.56. The minimum absolute atomic E-state index is 0.203. The molecule has 0 N–H and O–H groups in total. The van der Waals surface area contributed by atoms with Crippen molar-refractivity contribution >= 4 is 28.7 Å². The lowest BCUT2D eigenvalue weighted by Crippen LogP contribution is -2.19. The quantitative estimate of drug-likeness (QED) is 0.778. The smallest absolute Gasteiger partial charge is 0.156 e. The fourth-order valence-corrected chi connectivity index (χ4v) is 4.53. The molecule has 0 bridgehead atoms. The van der Waals surface area contributed by atoms with E-state index in [4.69, 9.17) is 0 Å². The van der Waals surface area contributed by atoms with E-state index in [1.165, 1.54) is 0 Å². The molecular formula is C12H14O2S2. The number of thioether (sulfide) groups is 1. The lowest BCUT2D eigenvalue weighted by molar-refractivity contribution is -0.114. The van der Waals surface area contributed by atoms with Crippen LogP contribution in [0.15, 0.2) is 29.2 Å². The van der Waals surface area contributed by atoms with E-state index in [-0.39, 0.29) is 5.78 Å². The number of carbonyl (C=O) groups excluding carboxylic acids is 1. The molecule has 1 aliphatic heterocycles. The first-order valence-corrected chi connectivity index (χ1v) is 7.63. The standard InChI is InChI=1S/C12H14O2S2/c1-9(13)8-15-11-6-7-16(14)12-5-3-2-4-10(11)12/h2-5,11H,6-8H2,1H3. The van der Waals surface area contributed by atoms with Crippen molar-refractivity contribution in [3.05, 3.63) is 29.8 Å². The van der Waals surface area contributed by atoms with Crippen molar-refractivity contribution in [1.82, 2.24) is 0 Å². The molecule has 1 aromatic carbocycles. The minimum atomic E-state index is -0.848. The lowest BCUT2D eigenvalue weighted by atomic mass is 10.1. The largest absolute Gasteiger partial charge is 0.611 e. The van der Waals surface area contributed by atoms with Gasteiger partial charge in [0, 0.05) is 17.2 Å². The van der Waals surface area contributed by atoms with E-state index in [1.54, 1.807) is 18.7 Å². The highest BCUT2D eigenvalue weighted by Gasteiger charge is 2.29. The van der Waals surface area contributed by atoms with Gasteiger partial charge in [0.15, 0.2) is 4.90 Å². The van der Waals surface area contributed by atoms with Crippen molar-refractivity contribution in [2.24, 2.45) is 0 Å². The first-order chi connectivity index (χ1) is 7.68. The third kappa shape index (κ3) is 2.62. The number of fused-ring (bicyclic) bond motifs is 1. The molecule has 2 atom stereocenters. The van der Waals surface area contributed by atoms with Gasteiger partial charge in [-0.2, -0.15) is 0 Å². The summed E-state index contributed by atoms with van der Waals surface area (Å²) in [7, 11) is 0. The molecule has 16 heavy (non-hydrogen) atoms. The number of hydrogen-bond acceptors (Lipinski definition) is 3. The molecule has 4 heteroatoms. The summed E-state index contributed by atoms with van der Waals surface area (Å²) in [6.07, 6.45) is 0.904. The Morgan fingerprint density at radius 2 is 2.31 bits per heavy atom. The molecule has 1 aliphatic rings. The zero-order chi connectivity index (χ0) is 11.5. The summed E-state index contributed by atoms with van der Waals surface area (Å²) in [5.41, 5.74) is 1.15. The zero-order valence-corrected chi connectivity index (χ0v) is 10.8. The lowest BCUT2D eigenvalue weighted by Gasteiger charge is -2.25. The van der Waals surface area contributed by atoms with Crippen molar-refractivity contribution < 1.29 is 9.35 Å². The van der Waals surface area contributed by atoms with Crippen LogP contribution in [0.5, 0.6) is 0 Å². The fourth-order valence-electron chi connectivity index (χ4n) is 1.82. The van der Waals surface area contributed by atoms with Crippen LogP contribution in [0.25, 0.3) is 0 Å². The van der Waals surface area contributed by atoms with Crippen LogP contribution in [0.2, 0.25) is 0 Å². The van der Waals surface area contributed by atoms with Crippen LogP contribution >= 0.6 is 11.8 Å². The van der Waals surface area contributed by atoms with Gasteiger partial charge in [0.2, 0.25) is 0 Å². The number of Topliss-reactive ketones (excluding diaryl/α,β-unsaturated/α-hetero) is 1. The topological polar surface area (TPSA) is 40.1 Å². The van der Waals surface area contributed by atoms with E-state index in [9.17, 15) is 9.35 Å². The first-order valence-electron chi connectivity index (χ1n) is 5.27. The highest BCUT2D eigenvalue weighted by Crippen LogP contribution is 2.40. The maximum absolute atomic E-state index is 11.8. The average molecular weight is 254 g/mol. The van der Waals surface area contributed by atoms with E-state index in [2.05, 4.69) is 0 Å². The Kier molecular flexibility index (Phi) is 3.95. The normalized spacial score (nSPS) is 23.9. The molecule has 0 aliphatic carbocycles. The van der Waals surface area contributed by atoms with E-state index in [0.29, 0.717) is 16.8 Å². The molecule has 0 fully saturated rings. The number of rotatable bonds is 3. The number of carbonyl (C=O) groups is 1. The Morgan fingerprint density at radius 1 is 1.56 bits per heavy atom. The van der Waals surface area contributed by atoms with Crippen LogP contribution in [-0.4, -0.2) is 21.8 Å². The summed E-state index contributed by atoms with van der Waals surface area (Å²) < 4.78 is 11.8. The van der Waals surface area contributed by atoms with Crippen LogP contribution in [0.3, 0.4) is 0 Å². The molecular weight excluding hydrogens is 240 g/mol. The van der Waals surface area contributed by atoms with Crippen LogP contribution in [-0.2, 0) is 16.0 Å². The van der Waals surface area contributed by atoms with Gasteiger partial charge in [0.25, 0.3) is 0 Å². The van der Waals surface area contributed by atoms with Gasteiger partial charge < -0.3 is 4.55 Å². The maximum atomic E-state index is 11.8. The Labute approximate surface area is 103 Å². The molecule has 0 radical (unpaired) electrons. The van der Waals surface area contributed by atoms with Crippen LogP contribution in [0.1, 0.15) is 24.2 Å². The van der Waals surface area contributed by atoms with Crippen LogP contribution in [0.4, 0.5) is 0 Å². The summed E-state index contributed by atoms with van der Waals surface area (Å²) in [4.78, 5) is 11.9. The number of ketones is 1. The monoisotopic (exact) mass is 254 g/mol. The second-order valence-electron chi connectivity index (χ2n) is 3.88. The van der Waals surface area contributed by atoms with Gasteiger partial charge in [0.1, 0.15) is 11.5 Å². The summed E-state index contributed by atoms with van der Waals surface area (Å²) in [6.45, 7) is 1.61. The van der Waals surface area contributed by atoms with Crippen molar-refractivity contribution in [2.45, 2.75) is 23.5 Å². The number of hydrogen-bond donors (Lipinski definition) is 0. The molecule has 0 aromatic heterocycles. The van der Waals surface area contributed by atoms with Gasteiger partial charge in [-0.05, 0) is 24.2 Å². The predicted octanol–water partition coefficient (Wildman–Crippen LogP) is 2.56. The van der Waals surface area contributed by atoms with Crippen molar-refractivity contribution in [2.75, 3.05) is 11.5 Å². The highest BCUT2D eigenvalue weighted by molar-refractivity contribution is 8.00. The van der Waals surface area contributed by atoms with Gasteiger partial charge >= 0.3 is 0 Å². The molecule has 0 amide bonds. The third-order valence-corrected chi connectivity index (χ3v) is 5.50. The number of benzene rings is 1. The highest BCUT2D eigenvalue weighted by atomic mass is 32.2. The molecule has 0 spiro atoms. The van der Waals surface area contributed by atoms with Gasteiger partial charge in [-0.15, -0.1) is 11.8 Å². The molecule has 2 unspecified atom stereocenters. The molecule has 1 aromatic rings. The zero-order valence-electron chi connectivity index (χ0n) is 9.14. The summed E-state index contributed by atoms with van der Waals surface area (Å²) in [5, 5.41) is 0.331. The molecule has 0 saturated heterocycles. The Hall–Kier alpha value is -0.450. The maximum Gasteiger partial charge on any atom is 0.156 e. The summed E-state index contributed by atoms with van der Waals surface area (Å²) in [6, 6.07) is 7.87. The molecule has 1 heterocycles. The van der Waals surface area contributed by atoms with Crippen molar-refractivity contribution in [3.63, 3.8) is 0 Å². The van der Waals surface area contributed by atoms with Crippen molar-refractivity contribution in [1.29, 1.82) is 0 Å².